The Labute approximate surface area is 159 Å². The van der Waals surface area contributed by atoms with Crippen LogP contribution < -0.4 is 4.74 Å². The second kappa shape index (κ2) is 8.77. The van der Waals surface area contributed by atoms with Crippen molar-refractivity contribution in [3.8, 4) is 16.9 Å². The van der Waals surface area contributed by atoms with Crippen molar-refractivity contribution in [1.29, 1.82) is 0 Å². The van der Waals surface area contributed by atoms with E-state index < -0.39 is 29.5 Å². The van der Waals surface area contributed by atoms with Gasteiger partial charge in [-0.2, -0.15) is 12.6 Å². The third kappa shape index (κ3) is 5.13. The van der Waals surface area contributed by atoms with E-state index in [0.717, 1.165) is 12.1 Å². The van der Waals surface area contributed by atoms with Crippen LogP contribution in [0.1, 0.15) is 23.7 Å². The summed E-state index contributed by atoms with van der Waals surface area (Å²) in [5.74, 6) is -5.03. The molecule has 8 heteroatoms. The van der Waals surface area contributed by atoms with Crippen molar-refractivity contribution >= 4 is 30.4 Å². The van der Waals surface area contributed by atoms with Gasteiger partial charge >= 0.3 is 11.9 Å². The van der Waals surface area contributed by atoms with Crippen molar-refractivity contribution < 1.29 is 33.0 Å². The zero-order valence-corrected chi connectivity index (χ0v) is 15.1. The van der Waals surface area contributed by atoms with Crippen molar-refractivity contribution in [2.45, 2.75) is 13.3 Å². The van der Waals surface area contributed by atoms with E-state index in [1.54, 1.807) is 0 Å². The number of hydrogen-bond donors (Lipinski definition) is 2. The summed E-state index contributed by atoms with van der Waals surface area (Å²) in [6.45, 7) is 1.32. The molecule has 2 aromatic carbocycles. The number of esters is 1. The Morgan fingerprint density at radius 2 is 1.85 bits per heavy atom. The highest BCUT2D eigenvalue weighted by Gasteiger charge is 2.24. The minimum absolute atomic E-state index is 0.00147. The highest BCUT2D eigenvalue weighted by molar-refractivity contribution is 7.80. The lowest BCUT2D eigenvalue weighted by molar-refractivity contribution is -0.140. The molecule has 0 amide bonds. The van der Waals surface area contributed by atoms with E-state index in [9.17, 15) is 28.3 Å². The molecule has 0 aliphatic heterocycles. The standard InChI is InChI=1S/C19H16F2O5S/c1-10(22)6-12(9-27)19(25)26-17-5-2-11(7-15(17)18(23)24)14-4-3-13(20)8-16(14)21/h2-5,7-8,12,27H,6,9H2,1H3,(H,23,24). The normalized spacial score (nSPS) is 11.7. The minimum atomic E-state index is -1.39. The molecule has 0 spiro atoms. The minimum Gasteiger partial charge on any atom is -0.478 e. The number of benzene rings is 2. The van der Waals surface area contributed by atoms with E-state index in [-0.39, 0.29) is 40.4 Å². The first-order chi connectivity index (χ1) is 12.7. The second-order valence-corrected chi connectivity index (χ2v) is 6.21. The molecule has 0 saturated heterocycles. The maximum atomic E-state index is 13.9. The maximum Gasteiger partial charge on any atom is 0.339 e. The molecule has 5 nitrogen and oxygen atoms in total. The summed E-state index contributed by atoms with van der Waals surface area (Å²) in [5, 5.41) is 9.39. The molecular formula is C19H16F2O5S. The van der Waals surface area contributed by atoms with Gasteiger partial charge in [0.2, 0.25) is 0 Å². The molecule has 0 saturated carbocycles. The van der Waals surface area contributed by atoms with Crippen LogP contribution in [0, 0.1) is 17.6 Å². The van der Waals surface area contributed by atoms with Gasteiger partial charge in [-0.05, 0) is 36.8 Å². The van der Waals surface area contributed by atoms with E-state index in [1.807, 2.05) is 0 Å². The molecule has 1 atom stereocenters. The van der Waals surface area contributed by atoms with E-state index in [0.29, 0.717) is 6.07 Å². The summed E-state index contributed by atoms with van der Waals surface area (Å²) in [5.41, 5.74) is -0.189. The highest BCUT2D eigenvalue weighted by Crippen LogP contribution is 2.29. The van der Waals surface area contributed by atoms with E-state index >= 15 is 0 Å². The van der Waals surface area contributed by atoms with Crippen molar-refractivity contribution in [1.82, 2.24) is 0 Å². The third-order valence-electron chi connectivity index (χ3n) is 3.75. The molecule has 1 unspecified atom stereocenters. The summed E-state index contributed by atoms with van der Waals surface area (Å²) < 4.78 is 32.1. The number of carboxylic acid groups (broad SMARTS) is 1. The highest BCUT2D eigenvalue weighted by atomic mass is 32.1. The summed E-state index contributed by atoms with van der Waals surface area (Å²) >= 11 is 4.00. The van der Waals surface area contributed by atoms with Gasteiger partial charge in [-0.15, -0.1) is 0 Å². The fourth-order valence-electron chi connectivity index (χ4n) is 2.44. The summed E-state index contributed by atoms with van der Waals surface area (Å²) in [6, 6.07) is 6.60. The van der Waals surface area contributed by atoms with Crippen LogP contribution in [0.25, 0.3) is 11.1 Å². The number of thiol groups is 1. The van der Waals surface area contributed by atoms with Crippen LogP contribution in [-0.4, -0.2) is 28.6 Å². The largest absolute Gasteiger partial charge is 0.478 e. The molecule has 0 fully saturated rings. The molecule has 142 valence electrons. The molecule has 0 aromatic heterocycles. The zero-order valence-electron chi connectivity index (χ0n) is 14.2. The van der Waals surface area contributed by atoms with Gasteiger partial charge in [0, 0.05) is 23.8 Å². The van der Waals surface area contributed by atoms with Crippen molar-refractivity contribution in [3.05, 3.63) is 53.6 Å². The molecule has 27 heavy (non-hydrogen) atoms. The first kappa shape index (κ1) is 20.6. The number of carbonyl (C=O) groups is 3. The Kier molecular flexibility index (Phi) is 6.68. The fourth-order valence-corrected chi connectivity index (χ4v) is 2.72. The number of aromatic carboxylic acids is 1. The van der Waals surface area contributed by atoms with Gasteiger partial charge in [0.15, 0.2) is 0 Å². The Morgan fingerprint density at radius 3 is 2.41 bits per heavy atom. The van der Waals surface area contributed by atoms with Gasteiger partial charge < -0.3 is 14.6 Å². The van der Waals surface area contributed by atoms with Crippen LogP contribution in [0.15, 0.2) is 36.4 Å². The Hall–Kier alpha value is -2.74. The average molecular weight is 394 g/mol. The number of hydrogen-bond acceptors (Lipinski definition) is 5. The number of ketones is 1. The zero-order chi connectivity index (χ0) is 20.1. The lowest BCUT2D eigenvalue weighted by atomic mass is 10.0. The number of halogens is 2. The Morgan fingerprint density at radius 1 is 1.15 bits per heavy atom. The topological polar surface area (TPSA) is 80.7 Å². The van der Waals surface area contributed by atoms with Crippen LogP contribution in [0.4, 0.5) is 8.78 Å². The van der Waals surface area contributed by atoms with Gasteiger partial charge in [-0.3, -0.25) is 4.79 Å². The molecule has 0 aliphatic rings. The van der Waals surface area contributed by atoms with Crippen LogP contribution in [0.5, 0.6) is 5.75 Å². The number of rotatable bonds is 7. The van der Waals surface area contributed by atoms with Crippen molar-refractivity contribution in [2.75, 3.05) is 5.75 Å². The number of ether oxygens (including phenoxy) is 1. The van der Waals surface area contributed by atoms with Gasteiger partial charge in [-0.1, -0.05) is 6.07 Å². The molecule has 0 radical (unpaired) electrons. The molecule has 2 rings (SSSR count). The molecule has 0 bridgehead atoms. The quantitative estimate of drug-likeness (QED) is 0.425. The second-order valence-electron chi connectivity index (χ2n) is 5.85. The average Bonchev–Trinajstić information content (AvgIpc) is 2.59. The van der Waals surface area contributed by atoms with Gasteiger partial charge in [0.1, 0.15) is 28.7 Å². The lowest BCUT2D eigenvalue weighted by Gasteiger charge is -2.14. The molecule has 0 aliphatic carbocycles. The predicted octanol–water partition coefficient (Wildman–Crippen LogP) is 3.76. The van der Waals surface area contributed by atoms with Crippen LogP contribution in [-0.2, 0) is 9.59 Å². The smallest absolute Gasteiger partial charge is 0.339 e. The van der Waals surface area contributed by atoms with Crippen LogP contribution >= 0.6 is 12.6 Å². The first-order valence-corrected chi connectivity index (χ1v) is 8.51. The van der Waals surface area contributed by atoms with Crippen LogP contribution in [0.3, 0.4) is 0 Å². The van der Waals surface area contributed by atoms with Crippen LogP contribution in [0.2, 0.25) is 0 Å². The first-order valence-electron chi connectivity index (χ1n) is 7.87. The van der Waals surface area contributed by atoms with E-state index in [4.69, 9.17) is 4.74 Å². The van der Waals surface area contributed by atoms with E-state index in [2.05, 4.69) is 12.6 Å². The summed E-state index contributed by atoms with van der Waals surface area (Å²) in [4.78, 5) is 34.9. The Balaban J connectivity index is 2.37. The maximum absolute atomic E-state index is 13.9. The van der Waals surface area contributed by atoms with Gasteiger partial charge in [-0.25, -0.2) is 13.6 Å². The number of Topliss-reactive ketones (excluding diaryl/α,β-unsaturated/α-hetero) is 1. The molecule has 2 aromatic rings. The predicted molar refractivity (Wildman–Crippen MR) is 97.0 cm³/mol. The van der Waals surface area contributed by atoms with E-state index in [1.165, 1.54) is 25.1 Å². The van der Waals surface area contributed by atoms with Crippen molar-refractivity contribution in [3.63, 3.8) is 0 Å². The van der Waals surface area contributed by atoms with Gasteiger partial charge in [0.25, 0.3) is 0 Å². The summed E-state index contributed by atoms with van der Waals surface area (Å²) in [7, 11) is 0. The fraction of sp³-hybridized carbons (Fsp3) is 0.211. The SMILES string of the molecule is CC(=O)CC(CS)C(=O)Oc1ccc(-c2ccc(F)cc2F)cc1C(=O)O. The van der Waals surface area contributed by atoms with Gasteiger partial charge in [0.05, 0.1) is 5.92 Å². The Bertz CT molecular complexity index is 898. The molecular weight excluding hydrogens is 378 g/mol. The molecule has 0 heterocycles. The lowest BCUT2D eigenvalue weighted by Crippen LogP contribution is -2.24. The molecule has 1 N–H and O–H groups in total. The number of carboxylic acids is 1. The third-order valence-corrected chi connectivity index (χ3v) is 4.19. The van der Waals surface area contributed by atoms with Crippen molar-refractivity contribution in [2.24, 2.45) is 5.92 Å². The monoisotopic (exact) mass is 394 g/mol. The summed E-state index contributed by atoms with van der Waals surface area (Å²) in [6.07, 6.45) is -0.0797. The number of carbonyl (C=O) groups excluding carboxylic acids is 2.